The first-order chi connectivity index (χ1) is 14.6. The number of halogens is 1. The van der Waals surface area contributed by atoms with Crippen LogP contribution in [0.5, 0.6) is 5.88 Å². The van der Waals surface area contributed by atoms with Crippen LogP contribution in [-0.2, 0) is 16.0 Å². The number of morpholine rings is 1. The van der Waals surface area contributed by atoms with Crippen LogP contribution in [0.15, 0.2) is 42.5 Å². The van der Waals surface area contributed by atoms with Gasteiger partial charge in [-0.05, 0) is 24.3 Å². The van der Waals surface area contributed by atoms with E-state index in [1.54, 1.807) is 23.9 Å². The summed E-state index contributed by atoms with van der Waals surface area (Å²) in [5, 5.41) is 13.6. The normalized spacial score (nSPS) is 14.0. The molecule has 0 atom stereocenters. The largest absolute Gasteiger partial charge is 0.480 e. The maximum Gasteiger partial charge on any atom is 0.233 e. The fourth-order valence-electron chi connectivity index (χ4n) is 3.29. The average Bonchev–Trinajstić information content (AvgIpc) is 3.23. The van der Waals surface area contributed by atoms with Gasteiger partial charge in [-0.25, -0.2) is 4.68 Å². The van der Waals surface area contributed by atoms with Gasteiger partial charge in [-0.2, -0.15) is 5.10 Å². The number of methoxy groups -OCH3 is 1. The van der Waals surface area contributed by atoms with Crippen molar-refractivity contribution in [1.82, 2.24) is 24.9 Å². The number of nitrogens with zero attached hydrogens (tertiary/aromatic N) is 5. The number of carbonyl (C=O) groups is 1. The first-order valence-corrected chi connectivity index (χ1v) is 10.1. The van der Waals surface area contributed by atoms with Gasteiger partial charge in [0, 0.05) is 42.6 Å². The van der Waals surface area contributed by atoms with Crippen LogP contribution in [0.25, 0.3) is 17.1 Å². The molecule has 156 valence electrons. The predicted molar refractivity (Wildman–Crippen MR) is 112 cm³/mol. The summed E-state index contributed by atoms with van der Waals surface area (Å²) in [6.07, 6.45) is 0.929. The average molecular weight is 428 g/mol. The molecule has 4 rings (SSSR count). The van der Waals surface area contributed by atoms with Gasteiger partial charge >= 0.3 is 0 Å². The van der Waals surface area contributed by atoms with Gasteiger partial charge in [0.05, 0.1) is 31.7 Å². The van der Waals surface area contributed by atoms with Crippen molar-refractivity contribution in [2.45, 2.75) is 12.8 Å². The zero-order chi connectivity index (χ0) is 20.9. The van der Waals surface area contributed by atoms with E-state index >= 15 is 0 Å². The highest BCUT2D eigenvalue weighted by molar-refractivity contribution is 6.30. The molecule has 0 saturated carbocycles. The Kier molecular flexibility index (Phi) is 6.25. The molecule has 3 heterocycles. The number of amides is 1. The summed E-state index contributed by atoms with van der Waals surface area (Å²) in [7, 11) is 1.54. The van der Waals surface area contributed by atoms with E-state index in [0.29, 0.717) is 55.9 Å². The molecule has 0 bridgehead atoms. The Morgan fingerprint density at radius 3 is 2.57 bits per heavy atom. The summed E-state index contributed by atoms with van der Waals surface area (Å²) in [6.45, 7) is 2.48. The molecule has 1 saturated heterocycles. The van der Waals surface area contributed by atoms with Gasteiger partial charge in [0.15, 0.2) is 5.82 Å². The van der Waals surface area contributed by atoms with Gasteiger partial charge in [-0.1, -0.05) is 23.7 Å². The van der Waals surface area contributed by atoms with E-state index in [1.807, 2.05) is 35.2 Å². The minimum absolute atomic E-state index is 0.116. The molecule has 1 amide bonds. The van der Waals surface area contributed by atoms with E-state index in [1.165, 1.54) is 0 Å². The Balaban J connectivity index is 1.59. The zero-order valence-corrected chi connectivity index (χ0v) is 17.4. The highest BCUT2D eigenvalue weighted by Crippen LogP contribution is 2.25. The van der Waals surface area contributed by atoms with Gasteiger partial charge < -0.3 is 14.4 Å². The monoisotopic (exact) mass is 427 g/mol. The third-order valence-electron chi connectivity index (χ3n) is 4.91. The highest BCUT2D eigenvalue weighted by atomic mass is 35.5. The summed E-state index contributed by atoms with van der Waals surface area (Å²) in [5.74, 6) is 1.10. The molecule has 3 aromatic rings. The van der Waals surface area contributed by atoms with Crippen LogP contribution >= 0.6 is 11.6 Å². The quantitative estimate of drug-likeness (QED) is 0.601. The second kappa shape index (κ2) is 9.23. The maximum absolute atomic E-state index is 12.5. The topological polar surface area (TPSA) is 82.4 Å². The van der Waals surface area contributed by atoms with Gasteiger partial charge in [0.25, 0.3) is 0 Å². The van der Waals surface area contributed by atoms with Crippen LogP contribution in [0.4, 0.5) is 0 Å². The minimum atomic E-state index is 0.116. The van der Waals surface area contributed by atoms with Crippen molar-refractivity contribution in [3.05, 3.63) is 53.2 Å². The van der Waals surface area contributed by atoms with Crippen molar-refractivity contribution in [3.63, 3.8) is 0 Å². The molecule has 8 nitrogen and oxygen atoms in total. The molecule has 2 aromatic heterocycles. The Hall–Kier alpha value is -2.97. The molecule has 0 unspecified atom stereocenters. The molecule has 1 aromatic carbocycles. The van der Waals surface area contributed by atoms with Crippen LogP contribution < -0.4 is 4.74 Å². The lowest BCUT2D eigenvalue weighted by Gasteiger charge is -2.26. The molecule has 0 radical (unpaired) electrons. The predicted octanol–water partition coefficient (Wildman–Crippen LogP) is 2.78. The van der Waals surface area contributed by atoms with Crippen LogP contribution in [0.3, 0.4) is 0 Å². The van der Waals surface area contributed by atoms with Gasteiger partial charge in [-0.3, -0.25) is 4.79 Å². The number of hydrogen-bond donors (Lipinski definition) is 0. The number of aromatic nitrogens is 4. The lowest BCUT2D eigenvalue weighted by atomic mass is 10.1. The van der Waals surface area contributed by atoms with Crippen molar-refractivity contribution in [2.75, 3.05) is 33.4 Å². The Morgan fingerprint density at radius 2 is 1.90 bits per heavy atom. The van der Waals surface area contributed by atoms with Crippen molar-refractivity contribution < 1.29 is 14.3 Å². The lowest BCUT2D eigenvalue weighted by Crippen LogP contribution is -2.40. The number of rotatable bonds is 6. The van der Waals surface area contributed by atoms with E-state index in [4.69, 9.17) is 26.2 Å². The lowest BCUT2D eigenvalue weighted by molar-refractivity contribution is -0.135. The second-order valence-electron chi connectivity index (χ2n) is 6.87. The first kappa shape index (κ1) is 20.3. The number of ether oxygens (including phenoxy) is 2. The van der Waals surface area contributed by atoms with Crippen molar-refractivity contribution in [2.24, 2.45) is 0 Å². The van der Waals surface area contributed by atoms with E-state index in [0.717, 1.165) is 17.0 Å². The van der Waals surface area contributed by atoms with E-state index < -0.39 is 0 Å². The summed E-state index contributed by atoms with van der Waals surface area (Å²) in [4.78, 5) is 14.3. The third kappa shape index (κ3) is 4.60. The molecular formula is C21H22ClN5O3. The van der Waals surface area contributed by atoms with E-state index in [9.17, 15) is 4.79 Å². The maximum atomic E-state index is 12.5. The number of hydrogen-bond acceptors (Lipinski definition) is 6. The Bertz CT molecular complexity index is 998. The highest BCUT2D eigenvalue weighted by Gasteiger charge is 2.18. The smallest absolute Gasteiger partial charge is 0.233 e. The molecule has 9 heteroatoms. The summed E-state index contributed by atoms with van der Waals surface area (Å²) in [6, 6.07) is 13.0. The van der Waals surface area contributed by atoms with Gasteiger partial charge in [-0.15, -0.1) is 10.2 Å². The fraction of sp³-hybridized carbons (Fsp3) is 0.333. The van der Waals surface area contributed by atoms with Crippen LogP contribution in [0.1, 0.15) is 12.1 Å². The van der Waals surface area contributed by atoms with Crippen molar-refractivity contribution >= 4 is 17.5 Å². The summed E-state index contributed by atoms with van der Waals surface area (Å²) < 4.78 is 12.1. The van der Waals surface area contributed by atoms with Gasteiger partial charge in [0.1, 0.15) is 0 Å². The first-order valence-electron chi connectivity index (χ1n) is 9.72. The van der Waals surface area contributed by atoms with Crippen LogP contribution in [0, 0.1) is 0 Å². The van der Waals surface area contributed by atoms with Crippen molar-refractivity contribution in [1.29, 1.82) is 0 Å². The minimum Gasteiger partial charge on any atom is -0.480 e. The summed E-state index contributed by atoms with van der Waals surface area (Å²) in [5.41, 5.74) is 2.59. The SMILES string of the molecule is COc1ccc(-n2nc(CCC(=O)N3CCOCC3)cc2-c2ccc(Cl)cc2)nn1. The third-order valence-corrected chi connectivity index (χ3v) is 5.16. The molecular weight excluding hydrogens is 406 g/mol. The molecule has 30 heavy (non-hydrogen) atoms. The van der Waals surface area contributed by atoms with E-state index in [-0.39, 0.29) is 5.91 Å². The fourth-order valence-corrected chi connectivity index (χ4v) is 3.42. The number of benzene rings is 1. The Labute approximate surface area is 179 Å². The standard InChI is InChI=1S/C21H22ClN5O3/c1-29-20-8-7-19(23-24-20)27-18(15-2-4-16(22)5-3-15)14-17(25-27)6-9-21(28)26-10-12-30-13-11-26/h2-5,7-8,14H,6,9-13H2,1H3. The van der Waals surface area contributed by atoms with Crippen LogP contribution in [-0.4, -0.2) is 64.2 Å². The number of carbonyl (C=O) groups excluding carboxylic acids is 1. The molecule has 1 aliphatic rings. The molecule has 0 spiro atoms. The van der Waals surface area contributed by atoms with Crippen molar-refractivity contribution in [3.8, 4) is 23.0 Å². The molecule has 0 N–H and O–H groups in total. The zero-order valence-electron chi connectivity index (χ0n) is 16.6. The molecule has 0 aliphatic carbocycles. The van der Waals surface area contributed by atoms with E-state index in [2.05, 4.69) is 10.2 Å². The Morgan fingerprint density at radius 1 is 1.13 bits per heavy atom. The number of aryl methyl sites for hydroxylation is 1. The second-order valence-corrected chi connectivity index (χ2v) is 7.30. The summed E-state index contributed by atoms with van der Waals surface area (Å²) >= 11 is 6.04. The van der Waals surface area contributed by atoms with Gasteiger partial charge in [0.2, 0.25) is 11.8 Å². The molecule has 1 fully saturated rings. The molecule has 1 aliphatic heterocycles. The van der Waals surface area contributed by atoms with Crippen LogP contribution in [0.2, 0.25) is 5.02 Å².